The van der Waals surface area contributed by atoms with Crippen molar-refractivity contribution in [3.63, 3.8) is 0 Å². The Hall–Kier alpha value is -3.37. The van der Waals surface area contributed by atoms with Crippen molar-refractivity contribution in [2.75, 3.05) is 25.5 Å². The molecular weight excluding hydrogens is 469 g/mol. The molecule has 0 spiro atoms. The third-order valence-electron chi connectivity index (χ3n) is 5.02. The Labute approximate surface area is 196 Å². The SMILES string of the molecule is COc1ccc(S(=O)(=O)N(CCc2ccccc2)CC(=O)Nc2ccccc2C(F)(F)F)cc1. The molecule has 6 nitrogen and oxygen atoms in total. The molecule has 0 unspecified atom stereocenters. The predicted molar refractivity (Wildman–Crippen MR) is 122 cm³/mol. The topological polar surface area (TPSA) is 75.7 Å². The second-order valence-electron chi connectivity index (χ2n) is 7.34. The van der Waals surface area contributed by atoms with Gasteiger partial charge in [0.2, 0.25) is 15.9 Å². The molecule has 0 aliphatic carbocycles. The fourth-order valence-corrected chi connectivity index (χ4v) is 4.67. The van der Waals surface area contributed by atoms with E-state index in [9.17, 15) is 26.4 Å². The minimum atomic E-state index is -4.67. The number of nitrogens with zero attached hydrogens (tertiary/aromatic N) is 1. The first-order chi connectivity index (χ1) is 16.1. The van der Waals surface area contributed by atoms with Crippen molar-refractivity contribution >= 4 is 21.6 Å². The lowest BCUT2D eigenvalue weighted by Gasteiger charge is -2.22. The van der Waals surface area contributed by atoms with Crippen LogP contribution in [0.3, 0.4) is 0 Å². The van der Waals surface area contributed by atoms with Crippen molar-refractivity contribution in [2.24, 2.45) is 0 Å². The van der Waals surface area contributed by atoms with Crippen LogP contribution in [0.4, 0.5) is 18.9 Å². The van der Waals surface area contributed by atoms with Gasteiger partial charge in [-0.05, 0) is 48.4 Å². The smallest absolute Gasteiger partial charge is 0.418 e. The van der Waals surface area contributed by atoms with Crippen LogP contribution in [0.15, 0.2) is 83.8 Å². The second kappa shape index (κ2) is 10.7. The summed E-state index contributed by atoms with van der Waals surface area (Å²) in [4.78, 5) is 12.6. The number of hydrogen-bond donors (Lipinski definition) is 1. The van der Waals surface area contributed by atoms with E-state index in [1.54, 1.807) is 12.1 Å². The number of para-hydroxylation sites is 1. The maximum Gasteiger partial charge on any atom is 0.418 e. The van der Waals surface area contributed by atoms with Crippen molar-refractivity contribution in [3.05, 3.63) is 90.0 Å². The first-order valence-corrected chi connectivity index (χ1v) is 11.7. The number of ether oxygens (including phenoxy) is 1. The summed E-state index contributed by atoms with van der Waals surface area (Å²) in [6.07, 6.45) is -4.37. The molecule has 34 heavy (non-hydrogen) atoms. The molecule has 3 aromatic rings. The Morgan fingerprint density at radius 2 is 1.56 bits per heavy atom. The van der Waals surface area contributed by atoms with Crippen LogP contribution in [0, 0.1) is 0 Å². The summed E-state index contributed by atoms with van der Waals surface area (Å²) in [5, 5.41) is 2.20. The van der Waals surface area contributed by atoms with E-state index in [0.717, 1.165) is 22.0 Å². The van der Waals surface area contributed by atoms with Gasteiger partial charge in [-0.15, -0.1) is 0 Å². The highest BCUT2D eigenvalue weighted by molar-refractivity contribution is 7.89. The lowest BCUT2D eigenvalue weighted by Crippen LogP contribution is -2.39. The van der Waals surface area contributed by atoms with Crippen molar-refractivity contribution in [2.45, 2.75) is 17.5 Å². The van der Waals surface area contributed by atoms with Gasteiger partial charge >= 0.3 is 6.18 Å². The molecule has 0 radical (unpaired) electrons. The summed E-state index contributed by atoms with van der Waals surface area (Å²) in [6, 6.07) is 19.2. The fraction of sp³-hybridized carbons (Fsp3) is 0.208. The van der Waals surface area contributed by atoms with E-state index >= 15 is 0 Å². The number of benzene rings is 3. The quantitative estimate of drug-likeness (QED) is 0.474. The number of sulfonamides is 1. The highest BCUT2D eigenvalue weighted by Crippen LogP contribution is 2.34. The molecular formula is C24H23F3N2O4S. The molecule has 0 saturated carbocycles. The first-order valence-electron chi connectivity index (χ1n) is 10.3. The van der Waals surface area contributed by atoms with Crippen LogP contribution in [0.25, 0.3) is 0 Å². The highest BCUT2D eigenvalue weighted by atomic mass is 32.2. The lowest BCUT2D eigenvalue weighted by atomic mass is 10.1. The largest absolute Gasteiger partial charge is 0.497 e. The van der Waals surface area contributed by atoms with Gasteiger partial charge in [0, 0.05) is 6.54 Å². The first kappa shape index (κ1) is 25.3. The summed E-state index contributed by atoms with van der Waals surface area (Å²) in [5.74, 6) is -0.432. The maximum atomic E-state index is 13.3. The number of alkyl halides is 3. The van der Waals surface area contributed by atoms with Gasteiger partial charge in [-0.3, -0.25) is 4.79 Å². The Bertz CT molecular complexity index is 1210. The monoisotopic (exact) mass is 492 g/mol. The molecule has 0 fully saturated rings. The number of methoxy groups -OCH3 is 1. The fourth-order valence-electron chi connectivity index (χ4n) is 3.27. The van der Waals surface area contributed by atoms with Crippen LogP contribution in [-0.2, 0) is 27.4 Å². The third kappa shape index (κ3) is 6.36. The van der Waals surface area contributed by atoms with Gasteiger partial charge in [-0.2, -0.15) is 17.5 Å². The third-order valence-corrected chi connectivity index (χ3v) is 6.88. The van der Waals surface area contributed by atoms with Gasteiger partial charge in [-0.1, -0.05) is 42.5 Å². The van der Waals surface area contributed by atoms with E-state index in [-0.39, 0.29) is 11.4 Å². The molecule has 0 atom stereocenters. The van der Waals surface area contributed by atoms with E-state index in [4.69, 9.17) is 4.74 Å². The molecule has 3 aromatic carbocycles. The Morgan fingerprint density at radius 1 is 0.941 bits per heavy atom. The second-order valence-corrected chi connectivity index (χ2v) is 9.28. The number of hydrogen-bond acceptors (Lipinski definition) is 4. The molecule has 0 aromatic heterocycles. The zero-order valence-electron chi connectivity index (χ0n) is 18.2. The molecule has 0 heterocycles. The summed E-state index contributed by atoms with van der Waals surface area (Å²) in [5.41, 5.74) is -0.609. The molecule has 1 N–H and O–H groups in total. The molecule has 10 heteroatoms. The number of nitrogens with one attached hydrogen (secondary N) is 1. The van der Waals surface area contributed by atoms with Crippen LogP contribution >= 0.6 is 0 Å². The van der Waals surface area contributed by atoms with E-state index in [1.165, 1.54) is 43.5 Å². The minimum Gasteiger partial charge on any atom is -0.497 e. The van der Waals surface area contributed by atoms with Crippen molar-refractivity contribution < 1.29 is 31.1 Å². The average molecular weight is 493 g/mol. The highest BCUT2D eigenvalue weighted by Gasteiger charge is 2.34. The summed E-state index contributed by atoms with van der Waals surface area (Å²) in [6.45, 7) is -0.708. The normalized spacial score (nSPS) is 11.9. The van der Waals surface area contributed by atoms with Gasteiger partial charge in [0.15, 0.2) is 0 Å². The average Bonchev–Trinajstić information content (AvgIpc) is 2.82. The zero-order chi connectivity index (χ0) is 24.8. The maximum absolute atomic E-state index is 13.3. The molecule has 180 valence electrons. The Morgan fingerprint density at radius 3 is 2.18 bits per heavy atom. The van der Waals surface area contributed by atoms with E-state index in [1.807, 2.05) is 18.2 Å². The zero-order valence-corrected chi connectivity index (χ0v) is 19.1. The Kier molecular flexibility index (Phi) is 7.95. The number of carbonyl (C=O) groups excluding carboxylic acids is 1. The van der Waals surface area contributed by atoms with Crippen LogP contribution in [0.1, 0.15) is 11.1 Å². The number of halogens is 3. The summed E-state index contributed by atoms with van der Waals surface area (Å²) >= 11 is 0. The van der Waals surface area contributed by atoms with Crippen LogP contribution in [-0.4, -0.2) is 38.8 Å². The van der Waals surface area contributed by atoms with Crippen LogP contribution in [0.2, 0.25) is 0 Å². The minimum absolute atomic E-state index is 0.0489. The van der Waals surface area contributed by atoms with E-state index < -0.39 is 39.9 Å². The van der Waals surface area contributed by atoms with Gasteiger partial charge in [0.25, 0.3) is 0 Å². The molecule has 0 bridgehead atoms. The Balaban J connectivity index is 1.85. The van der Waals surface area contributed by atoms with Gasteiger partial charge in [0.1, 0.15) is 5.75 Å². The molecule has 0 saturated heterocycles. The summed E-state index contributed by atoms with van der Waals surface area (Å²) < 4.78 is 72.4. The van der Waals surface area contributed by atoms with E-state index in [2.05, 4.69) is 5.32 Å². The van der Waals surface area contributed by atoms with Gasteiger partial charge in [-0.25, -0.2) is 8.42 Å². The summed E-state index contributed by atoms with van der Waals surface area (Å²) in [7, 11) is -2.68. The van der Waals surface area contributed by atoms with Crippen molar-refractivity contribution in [1.29, 1.82) is 0 Å². The van der Waals surface area contributed by atoms with Crippen molar-refractivity contribution in [3.8, 4) is 5.75 Å². The van der Waals surface area contributed by atoms with E-state index in [0.29, 0.717) is 12.2 Å². The van der Waals surface area contributed by atoms with Gasteiger partial charge in [0.05, 0.1) is 29.8 Å². The standard InChI is InChI=1S/C24H23F3N2O4S/c1-33-19-11-13-20(14-12-19)34(31,32)29(16-15-18-7-3-2-4-8-18)17-23(30)28-22-10-6-5-9-21(22)24(25,26)27/h2-14H,15-17H2,1H3,(H,28,30). The lowest BCUT2D eigenvalue weighted by molar-refractivity contribution is -0.137. The van der Waals surface area contributed by atoms with Gasteiger partial charge < -0.3 is 10.1 Å². The number of amides is 1. The molecule has 3 rings (SSSR count). The molecule has 1 amide bonds. The van der Waals surface area contributed by atoms with Crippen LogP contribution in [0.5, 0.6) is 5.75 Å². The predicted octanol–water partition coefficient (Wildman–Crippen LogP) is 4.59. The molecule has 0 aliphatic heterocycles. The van der Waals surface area contributed by atoms with Crippen LogP contribution < -0.4 is 10.1 Å². The van der Waals surface area contributed by atoms with Crippen molar-refractivity contribution in [1.82, 2.24) is 4.31 Å². The number of rotatable bonds is 9. The number of anilines is 1. The number of carbonyl (C=O) groups is 1. The molecule has 0 aliphatic rings.